The Morgan fingerprint density at radius 2 is 0.491 bits per heavy atom. The first kappa shape index (κ1) is 71.3. The van der Waals surface area contributed by atoms with Gasteiger partial charge in [-0.3, -0.25) is 0 Å². The Morgan fingerprint density at radius 3 is 0.812 bits per heavy atom. The lowest BCUT2D eigenvalue weighted by molar-refractivity contribution is -0.144. The Labute approximate surface area is 632 Å². The summed E-state index contributed by atoms with van der Waals surface area (Å²) in [6, 6.07) is 80.1. The van der Waals surface area contributed by atoms with Crippen LogP contribution in [0.4, 0.5) is 64.1 Å². The van der Waals surface area contributed by atoms with Crippen LogP contribution in [0.25, 0.3) is 164 Å². The number of hydrogen-bond donors (Lipinski definition) is 0. The Balaban J connectivity index is 0.000000163. The van der Waals surface area contributed by atoms with Gasteiger partial charge in [0.2, 0.25) is 0 Å². The molecule has 0 aliphatic carbocycles. The van der Waals surface area contributed by atoms with E-state index in [1.807, 2.05) is 167 Å². The van der Waals surface area contributed by atoms with Gasteiger partial charge < -0.3 is 18.3 Å². The van der Waals surface area contributed by atoms with Crippen LogP contribution in [-0.4, -0.2) is 18.3 Å². The average molecular weight is 1500 g/mol. The summed E-state index contributed by atoms with van der Waals surface area (Å²) < 4.78 is 178. The van der Waals surface area contributed by atoms with Crippen LogP contribution in [0, 0.1) is 40.8 Å². The zero-order valence-corrected chi connectivity index (χ0v) is 59.8. The molecular formula is C94H58F12N6. The largest absolute Gasteiger partial charge is 0.416 e. The van der Waals surface area contributed by atoms with E-state index in [0.29, 0.717) is 56.4 Å². The summed E-state index contributed by atoms with van der Waals surface area (Å²) in [4.78, 5) is 7.53. The average Bonchev–Trinajstić information content (AvgIpc) is 1.55. The van der Waals surface area contributed by atoms with Gasteiger partial charge in [-0.05, 0) is 205 Å². The molecule has 0 atom stereocenters. The van der Waals surface area contributed by atoms with Crippen molar-refractivity contribution in [1.29, 1.82) is 0 Å². The molecule has 14 aromatic carbocycles. The SMILES string of the molecule is [C-]#[N+]c1ccc(-c2cc(-c3cc(C(F)(F)F)cc(C(F)(F)F)c3)ccc2-n2c3ccccc3c3ccc(C)cc32)c(-n2c3ccccc3c3ccc(C)cc32)c1.[C-]#[N+]c1ccc(-n2c3ccccc3c3ccc(C)cc32)c(-c2cc(-c3cc(C(F)(F)F)cc(C(F)(F)F)c3)ccc2-n2c3ccccc3c3ccc(C)cc32)c1. The number of hydrogen-bond acceptors (Lipinski definition) is 0. The van der Waals surface area contributed by atoms with Crippen molar-refractivity contribution in [2.45, 2.75) is 52.4 Å². The third-order valence-electron chi connectivity index (χ3n) is 20.9. The normalized spacial score (nSPS) is 12.3. The van der Waals surface area contributed by atoms with Crippen LogP contribution in [0.5, 0.6) is 0 Å². The molecule has 0 spiro atoms. The van der Waals surface area contributed by atoms with Gasteiger partial charge in [0.25, 0.3) is 0 Å². The van der Waals surface area contributed by atoms with Crippen LogP contribution in [0.2, 0.25) is 0 Å². The molecule has 0 aliphatic rings. The first-order valence-electron chi connectivity index (χ1n) is 35.5. The number of rotatable bonds is 8. The van der Waals surface area contributed by atoms with Crippen LogP contribution in [-0.2, 0) is 24.7 Å². The number of para-hydroxylation sites is 4. The maximum atomic E-state index is 14.2. The summed E-state index contributed by atoms with van der Waals surface area (Å²) in [5.74, 6) is 0. The van der Waals surface area contributed by atoms with Gasteiger partial charge in [0.1, 0.15) is 0 Å². The van der Waals surface area contributed by atoms with Gasteiger partial charge in [0, 0.05) is 65.5 Å². The van der Waals surface area contributed by atoms with Crippen molar-refractivity contribution in [3.8, 4) is 67.3 Å². The molecule has 0 amide bonds. The van der Waals surface area contributed by atoms with E-state index < -0.39 is 47.0 Å². The quantitative estimate of drug-likeness (QED) is 0.107. The molecule has 0 unspecified atom stereocenters. The van der Waals surface area contributed by atoms with Gasteiger partial charge in [0.15, 0.2) is 11.4 Å². The van der Waals surface area contributed by atoms with Crippen molar-refractivity contribution in [2.75, 3.05) is 0 Å². The summed E-state index contributed by atoms with van der Waals surface area (Å²) >= 11 is 0. The maximum absolute atomic E-state index is 14.2. The van der Waals surface area contributed by atoms with Crippen molar-refractivity contribution in [3.63, 3.8) is 0 Å². The Hall–Kier alpha value is -13.6. The second-order valence-corrected chi connectivity index (χ2v) is 28.2. The first-order chi connectivity index (χ1) is 53.6. The number of aryl methyl sites for hydroxylation is 4. The second-order valence-electron chi connectivity index (χ2n) is 28.2. The fraction of sp³-hybridized carbons (Fsp3) is 0.0851. The molecule has 4 aromatic heterocycles. The lowest BCUT2D eigenvalue weighted by Crippen LogP contribution is -2.11. The highest BCUT2D eigenvalue weighted by atomic mass is 19.4. The van der Waals surface area contributed by atoms with E-state index in [-0.39, 0.29) is 34.4 Å². The summed E-state index contributed by atoms with van der Waals surface area (Å²) in [5.41, 5.74) is 10.8. The topological polar surface area (TPSA) is 28.4 Å². The molecule has 548 valence electrons. The molecule has 18 rings (SSSR count). The van der Waals surface area contributed by atoms with Gasteiger partial charge in [-0.15, -0.1) is 0 Å². The molecule has 0 bridgehead atoms. The summed E-state index contributed by atoms with van der Waals surface area (Å²) in [5, 5.41) is 7.88. The Kier molecular flexibility index (Phi) is 17.0. The number of halogens is 12. The summed E-state index contributed by atoms with van der Waals surface area (Å²) in [6.07, 6.45) is -20.1. The molecule has 0 radical (unpaired) electrons. The van der Waals surface area contributed by atoms with E-state index in [1.54, 1.807) is 60.7 Å². The molecule has 18 aromatic rings. The van der Waals surface area contributed by atoms with Gasteiger partial charge in [-0.1, -0.05) is 152 Å². The number of aromatic nitrogens is 4. The Bertz CT molecular complexity index is 6980. The standard InChI is InChI=1S/2C47H29F6N3/c1-27-12-16-36-34-8-4-6-10-40(34)55(43(36)20-27)42-19-14-29(30-22-31(46(48,49)50)25-32(23-30)47(51,52)53)24-39(42)38-18-15-33(54-3)26-45(38)56-41-11-7-5-9-35(41)37-17-13-28(2)21-44(37)56;1-27-12-16-36-34-8-4-6-10-40(34)55(44(36)20-27)42-18-14-29(30-22-31(46(48,49)50)25-32(23-30)47(51,52)53)24-38(42)39-26-33(54-3)15-19-43(39)56-41-11-7-5-9-35(41)37-17-13-28(2)21-45(37)56/h2*4-26H,1-2H3. The molecule has 0 N–H and O–H groups in total. The van der Waals surface area contributed by atoms with E-state index in [9.17, 15) is 52.7 Å². The molecule has 0 fully saturated rings. The van der Waals surface area contributed by atoms with Crippen LogP contribution in [0.3, 0.4) is 0 Å². The van der Waals surface area contributed by atoms with E-state index >= 15 is 0 Å². The lowest BCUT2D eigenvalue weighted by Gasteiger charge is -2.21. The smallest absolute Gasteiger partial charge is 0.310 e. The van der Waals surface area contributed by atoms with Crippen molar-refractivity contribution < 1.29 is 52.7 Å². The van der Waals surface area contributed by atoms with E-state index in [1.165, 1.54) is 0 Å². The zero-order chi connectivity index (χ0) is 78.2. The monoisotopic (exact) mass is 1500 g/mol. The van der Waals surface area contributed by atoms with Crippen molar-refractivity contribution >= 4 is 98.6 Å². The highest BCUT2D eigenvalue weighted by Crippen LogP contribution is 2.49. The molecule has 0 saturated carbocycles. The second kappa shape index (κ2) is 26.6. The highest BCUT2D eigenvalue weighted by molar-refractivity contribution is 6.14. The number of nitrogens with zero attached hydrogens (tertiary/aromatic N) is 6. The third-order valence-corrected chi connectivity index (χ3v) is 20.9. The molecule has 0 saturated heterocycles. The minimum atomic E-state index is -5.02. The summed E-state index contributed by atoms with van der Waals surface area (Å²) in [7, 11) is 0. The van der Waals surface area contributed by atoms with Crippen molar-refractivity contribution in [3.05, 3.63) is 346 Å². The number of alkyl halides is 12. The van der Waals surface area contributed by atoms with Gasteiger partial charge >= 0.3 is 24.7 Å². The van der Waals surface area contributed by atoms with Crippen molar-refractivity contribution in [2.24, 2.45) is 0 Å². The van der Waals surface area contributed by atoms with Gasteiger partial charge in [-0.2, -0.15) is 52.7 Å². The molecule has 18 heteroatoms. The first-order valence-corrected chi connectivity index (χ1v) is 35.5. The predicted octanol–water partition coefficient (Wildman–Crippen LogP) is 28.8. The molecular weight excluding hydrogens is 1440 g/mol. The lowest BCUT2D eigenvalue weighted by atomic mass is 9.93. The Morgan fingerprint density at radius 1 is 0.223 bits per heavy atom. The minimum absolute atomic E-state index is 0.140. The summed E-state index contributed by atoms with van der Waals surface area (Å²) in [6.45, 7) is 24.0. The van der Waals surface area contributed by atoms with E-state index in [0.717, 1.165) is 134 Å². The van der Waals surface area contributed by atoms with E-state index in [2.05, 4.69) is 70.4 Å². The van der Waals surface area contributed by atoms with Crippen LogP contribution in [0.15, 0.2) is 279 Å². The number of fused-ring (bicyclic) bond motifs is 12. The molecule has 6 nitrogen and oxygen atoms in total. The van der Waals surface area contributed by atoms with Crippen LogP contribution < -0.4 is 0 Å². The van der Waals surface area contributed by atoms with Gasteiger partial charge in [-0.25, -0.2) is 9.69 Å². The van der Waals surface area contributed by atoms with E-state index in [4.69, 9.17) is 13.1 Å². The van der Waals surface area contributed by atoms with Crippen molar-refractivity contribution in [1.82, 2.24) is 18.3 Å². The molecule has 0 aliphatic heterocycles. The van der Waals surface area contributed by atoms with Crippen LogP contribution in [0.1, 0.15) is 44.5 Å². The molecule has 112 heavy (non-hydrogen) atoms. The van der Waals surface area contributed by atoms with Gasteiger partial charge in [0.05, 0.1) is 96.6 Å². The predicted molar refractivity (Wildman–Crippen MR) is 423 cm³/mol. The maximum Gasteiger partial charge on any atom is 0.416 e. The highest BCUT2D eigenvalue weighted by Gasteiger charge is 2.39. The fourth-order valence-electron chi connectivity index (χ4n) is 15.9. The number of benzene rings is 14. The molecule has 4 heterocycles. The van der Waals surface area contributed by atoms with Crippen LogP contribution >= 0.6 is 0 Å². The fourth-order valence-corrected chi connectivity index (χ4v) is 15.9. The zero-order valence-electron chi connectivity index (χ0n) is 59.8. The third kappa shape index (κ3) is 12.4. The minimum Gasteiger partial charge on any atom is -0.310 e.